The van der Waals surface area contributed by atoms with E-state index < -0.39 is 10.0 Å². The maximum atomic E-state index is 13.1. The lowest BCUT2D eigenvalue weighted by atomic mass is 10.1. The third-order valence-electron chi connectivity index (χ3n) is 5.06. The summed E-state index contributed by atoms with van der Waals surface area (Å²) in [6.07, 6.45) is 2.61. The van der Waals surface area contributed by atoms with E-state index in [9.17, 15) is 18.0 Å². The summed E-state index contributed by atoms with van der Waals surface area (Å²) in [5.74, 6) is -0.305. The van der Waals surface area contributed by atoms with Gasteiger partial charge in [-0.2, -0.15) is 0 Å². The molecule has 3 rings (SSSR count). The summed E-state index contributed by atoms with van der Waals surface area (Å²) in [4.78, 5) is 26.9. The first-order valence-corrected chi connectivity index (χ1v) is 11.7. The number of hydrogen-bond acceptors (Lipinski definition) is 5. The summed E-state index contributed by atoms with van der Waals surface area (Å²) in [5.41, 5.74) is 0.585. The zero-order valence-corrected chi connectivity index (χ0v) is 18.5. The molecule has 2 N–H and O–H groups in total. The van der Waals surface area contributed by atoms with E-state index in [4.69, 9.17) is 4.74 Å². The highest BCUT2D eigenvalue weighted by atomic mass is 32.2. The van der Waals surface area contributed by atoms with Crippen LogP contribution in [-0.2, 0) is 10.0 Å². The number of para-hydroxylation sites is 1. The maximum absolute atomic E-state index is 13.1. The van der Waals surface area contributed by atoms with Crippen molar-refractivity contribution in [3.63, 3.8) is 0 Å². The number of carbonyl (C=O) groups excluding carboxylic acids is 2. The van der Waals surface area contributed by atoms with Gasteiger partial charge in [0, 0.05) is 19.6 Å². The van der Waals surface area contributed by atoms with E-state index in [0.29, 0.717) is 25.4 Å². The van der Waals surface area contributed by atoms with E-state index in [0.717, 1.165) is 19.3 Å². The van der Waals surface area contributed by atoms with E-state index in [1.54, 1.807) is 23.1 Å². The molecule has 9 heteroatoms. The number of ether oxygens (including phenoxy) is 1. The summed E-state index contributed by atoms with van der Waals surface area (Å²) < 4.78 is 33.9. The number of anilines is 1. The fourth-order valence-electron chi connectivity index (χ4n) is 3.42. The van der Waals surface area contributed by atoms with Gasteiger partial charge in [-0.25, -0.2) is 8.42 Å². The van der Waals surface area contributed by atoms with Crippen molar-refractivity contribution in [3.8, 4) is 5.75 Å². The zero-order valence-electron chi connectivity index (χ0n) is 17.7. The van der Waals surface area contributed by atoms with Gasteiger partial charge in [0.1, 0.15) is 5.75 Å². The maximum Gasteiger partial charge on any atom is 0.261 e. The highest BCUT2D eigenvalue weighted by Gasteiger charge is 2.26. The highest BCUT2D eigenvalue weighted by Crippen LogP contribution is 2.27. The number of benzene rings is 2. The van der Waals surface area contributed by atoms with Crippen molar-refractivity contribution < 1.29 is 22.7 Å². The zero-order chi connectivity index (χ0) is 22.4. The van der Waals surface area contributed by atoms with E-state index in [-0.39, 0.29) is 33.5 Å². The Kier molecular flexibility index (Phi) is 7.17. The average molecular weight is 446 g/mol. The summed E-state index contributed by atoms with van der Waals surface area (Å²) >= 11 is 0. The number of nitrogens with zero attached hydrogens (tertiary/aromatic N) is 1. The lowest BCUT2D eigenvalue weighted by Gasteiger charge is -2.18. The minimum atomic E-state index is -4.05. The van der Waals surface area contributed by atoms with E-state index in [2.05, 4.69) is 10.0 Å². The van der Waals surface area contributed by atoms with Gasteiger partial charge >= 0.3 is 0 Å². The minimum absolute atomic E-state index is 0.0837. The summed E-state index contributed by atoms with van der Waals surface area (Å²) in [6.45, 7) is 3.69. The first-order valence-electron chi connectivity index (χ1n) is 10.2. The Balaban J connectivity index is 1.92. The number of hydrogen-bond donors (Lipinski definition) is 2. The quantitative estimate of drug-likeness (QED) is 0.650. The fraction of sp³-hybridized carbons (Fsp3) is 0.364. The van der Waals surface area contributed by atoms with Gasteiger partial charge in [0.2, 0.25) is 0 Å². The first-order chi connectivity index (χ1) is 14.9. The molecule has 1 aliphatic rings. The predicted molar refractivity (Wildman–Crippen MR) is 118 cm³/mol. The molecule has 0 saturated carbocycles. The van der Waals surface area contributed by atoms with Crippen molar-refractivity contribution in [1.29, 1.82) is 0 Å². The van der Waals surface area contributed by atoms with Gasteiger partial charge in [0.05, 0.1) is 28.8 Å². The van der Waals surface area contributed by atoms with Crippen LogP contribution in [0.15, 0.2) is 47.4 Å². The molecule has 0 aromatic heterocycles. The molecule has 2 aromatic carbocycles. The van der Waals surface area contributed by atoms with E-state index >= 15 is 0 Å². The van der Waals surface area contributed by atoms with Crippen LogP contribution in [0.5, 0.6) is 5.75 Å². The standard InChI is InChI=1S/C22H27N3O5S/c1-3-12-23-21(26)17-8-4-5-9-19(17)24-31(28,29)16-10-11-20(30-2)18(15-16)22(27)25-13-6-7-14-25/h4-5,8-11,15,24H,3,6-7,12-14H2,1-2H3,(H,23,26). The van der Waals surface area contributed by atoms with Gasteiger partial charge in [0.25, 0.3) is 21.8 Å². The van der Waals surface area contributed by atoms with Gasteiger partial charge in [-0.3, -0.25) is 14.3 Å². The van der Waals surface area contributed by atoms with Crippen molar-refractivity contribution in [2.75, 3.05) is 31.5 Å². The van der Waals surface area contributed by atoms with Crippen molar-refractivity contribution in [2.45, 2.75) is 31.1 Å². The monoisotopic (exact) mass is 445 g/mol. The van der Waals surface area contributed by atoms with Crippen LogP contribution in [0.25, 0.3) is 0 Å². The van der Waals surface area contributed by atoms with Crippen LogP contribution in [0.2, 0.25) is 0 Å². The van der Waals surface area contributed by atoms with Crippen LogP contribution in [-0.4, -0.2) is 51.9 Å². The van der Waals surface area contributed by atoms with E-state index in [1.807, 2.05) is 6.92 Å². The predicted octanol–water partition coefficient (Wildman–Crippen LogP) is 2.87. The molecular formula is C22H27N3O5S. The first kappa shape index (κ1) is 22.6. The summed E-state index contributed by atoms with van der Waals surface area (Å²) in [6, 6.07) is 10.6. The lowest BCUT2D eigenvalue weighted by Crippen LogP contribution is -2.28. The summed E-state index contributed by atoms with van der Waals surface area (Å²) in [7, 11) is -2.61. The average Bonchev–Trinajstić information content (AvgIpc) is 3.31. The molecule has 8 nitrogen and oxygen atoms in total. The topological polar surface area (TPSA) is 105 Å². The SMILES string of the molecule is CCCNC(=O)c1ccccc1NS(=O)(=O)c1ccc(OC)c(C(=O)N2CCCC2)c1. The molecule has 0 aliphatic carbocycles. The molecule has 2 aromatic rings. The fourth-order valence-corrected chi connectivity index (χ4v) is 4.53. The smallest absolute Gasteiger partial charge is 0.261 e. The van der Waals surface area contributed by atoms with Gasteiger partial charge in [0.15, 0.2) is 0 Å². The van der Waals surface area contributed by atoms with Crippen molar-refractivity contribution in [2.24, 2.45) is 0 Å². The molecular weight excluding hydrogens is 418 g/mol. The second-order valence-corrected chi connectivity index (χ2v) is 8.95. The van der Waals surface area contributed by atoms with Crippen LogP contribution in [0, 0.1) is 0 Å². The number of likely N-dealkylation sites (tertiary alicyclic amines) is 1. The van der Waals surface area contributed by atoms with Crippen molar-refractivity contribution in [3.05, 3.63) is 53.6 Å². The summed E-state index contributed by atoms with van der Waals surface area (Å²) in [5, 5.41) is 2.74. The Morgan fingerprint density at radius 2 is 1.77 bits per heavy atom. The molecule has 0 bridgehead atoms. The van der Waals surface area contributed by atoms with Crippen molar-refractivity contribution >= 4 is 27.5 Å². The Labute approximate surface area is 182 Å². The minimum Gasteiger partial charge on any atom is -0.496 e. The molecule has 2 amide bonds. The van der Waals surface area contributed by atoms with Gasteiger partial charge in [-0.15, -0.1) is 0 Å². The molecule has 0 spiro atoms. The Hall–Kier alpha value is -3.07. The van der Waals surface area contributed by atoms with Crippen LogP contribution >= 0.6 is 0 Å². The number of carbonyl (C=O) groups is 2. The Morgan fingerprint density at radius 1 is 1.06 bits per heavy atom. The molecule has 1 aliphatic heterocycles. The highest BCUT2D eigenvalue weighted by molar-refractivity contribution is 7.92. The van der Waals surface area contributed by atoms with Crippen LogP contribution < -0.4 is 14.8 Å². The number of nitrogens with one attached hydrogen (secondary N) is 2. The van der Waals surface area contributed by atoms with Gasteiger partial charge in [-0.1, -0.05) is 19.1 Å². The van der Waals surface area contributed by atoms with Crippen LogP contribution in [0.3, 0.4) is 0 Å². The lowest BCUT2D eigenvalue weighted by molar-refractivity contribution is 0.0789. The molecule has 166 valence electrons. The van der Waals surface area contributed by atoms with Gasteiger partial charge in [-0.05, 0) is 49.6 Å². The van der Waals surface area contributed by atoms with E-state index in [1.165, 1.54) is 31.4 Å². The molecule has 1 fully saturated rings. The molecule has 0 radical (unpaired) electrons. The number of methoxy groups -OCH3 is 1. The largest absolute Gasteiger partial charge is 0.496 e. The molecule has 1 saturated heterocycles. The molecule has 0 unspecified atom stereocenters. The second-order valence-electron chi connectivity index (χ2n) is 7.27. The van der Waals surface area contributed by atoms with Crippen molar-refractivity contribution in [1.82, 2.24) is 10.2 Å². The van der Waals surface area contributed by atoms with Crippen LogP contribution in [0.1, 0.15) is 46.9 Å². The molecule has 1 heterocycles. The number of amides is 2. The second kappa shape index (κ2) is 9.82. The number of sulfonamides is 1. The van der Waals surface area contributed by atoms with Gasteiger partial charge < -0.3 is 15.0 Å². The molecule has 31 heavy (non-hydrogen) atoms. The number of rotatable bonds is 8. The third kappa shape index (κ3) is 5.16. The van der Waals surface area contributed by atoms with Crippen LogP contribution in [0.4, 0.5) is 5.69 Å². The Morgan fingerprint density at radius 3 is 2.45 bits per heavy atom. The Bertz CT molecular complexity index is 1060. The normalized spacial score (nSPS) is 13.7. The molecule has 0 atom stereocenters. The third-order valence-corrected chi connectivity index (χ3v) is 6.42.